The molecule has 0 N–H and O–H groups in total. The van der Waals surface area contributed by atoms with E-state index in [-0.39, 0.29) is 18.7 Å². The Balaban J connectivity index is 2.33. The van der Waals surface area contributed by atoms with Crippen molar-refractivity contribution in [1.29, 1.82) is 0 Å². The lowest BCUT2D eigenvalue weighted by molar-refractivity contribution is 1.13. The molecule has 28 valence electrons. The Morgan fingerprint density at radius 3 is 3.20 bits per heavy atom. The van der Waals surface area contributed by atoms with Gasteiger partial charge in [0, 0.05) is 2.74 Å². The fraction of sp³-hybridized carbons (Fsp3) is 0.600. The van der Waals surface area contributed by atoms with Crippen LogP contribution in [0.1, 0.15) is 16.9 Å². The van der Waals surface area contributed by atoms with Crippen molar-refractivity contribution in [2.24, 2.45) is 5.92 Å². The summed E-state index contributed by atoms with van der Waals surface area (Å²) in [7, 11) is 0. The summed E-state index contributed by atoms with van der Waals surface area (Å²) in [5.74, 6) is 0.0486. The van der Waals surface area contributed by atoms with Crippen LogP contribution in [-0.4, -0.2) is 0 Å². The van der Waals surface area contributed by atoms with Crippen LogP contribution in [0, 0.1) is 5.92 Å². The quantitative estimate of drug-likeness (QED) is 0.412. The Bertz CT molecular complexity index is 102. The summed E-state index contributed by atoms with van der Waals surface area (Å²) in [5.41, 5.74) is 0. The molecule has 0 spiro atoms. The van der Waals surface area contributed by atoms with Gasteiger partial charge in [0.25, 0.3) is 0 Å². The van der Waals surface area contributed by atoms with E-state index in [1.807, 2.05) is 0 Å². The maximum atomic E-state index is 7.04. The van der Waals surface area contributed by atoms with E-state index >= 15 is 0 Å². The molecule has 0 aromatic carbocycles. The second-order valence-electron chi connectivity index (χ2n) is 1.15. The average molecular weight is 71.1 g/mol. The summed E-state index contributed by atoms with van der Waals surface area (Å²) in [6, 6.07) is 0. The van der Waals surface area contributed by atoms with E-state index in [9.17, 15) is 0 Å². The first-order chi connectivity index (χ1) is 3.77. The van der Waals surface area contributed by atoms with Gasteiger partial charge in [-0.1, -0.05) is 6.08 Å². The molecule has 1 unspecified atom stereocenters. The molecule has 0 heterocycles. The molecule has 1 saturated carbocycles. The molecule has 0 bridgehead atoms. The smallest absolute Gasteiger partial charge is 0.0535 e. The Morgan fingerprint density at radius 2 is 3.00 bits per heavy atom. The Kier molecular flexibility index (Phi) is 0.189. The molecular weight excluding hydrogens is 60.1 g/mol. The van der Waals surface area contributed by atoms with Crippen molar-refractivity contribution in [3.05, 3.63) is 12.6 Å². The molecule has 3 atom stereocenters. The molecule has 0 radical (unpaired) electrons. The highest BCUT2D eigenvalue weighted by Gasteiger charge is 2.15. The van der Waals surface area contributed by atoms with Crippen molar-refractivity contribution < 1.29 is 4.11 Å². The monoisotopic (exact) mass is 71.1 g/mol. The predicted molar refractivity (Wildman–Crippen MR) is 22.9 cm³/mol. The minimum Gasteiger partial charge on any atom is -0.103 e. The number of hydrogen-bond acceptors (Lipinski definition) is 0. The summed E-state index contributed by atoms with van der Waals surface area (Å²) < 4.78 is 20.7. The molecule has 0 saturated heterocycles. The van der Waals surface area contributed by atoms with Gasteiger partial charge in [0.2, 0.25) is 0 Å². The molecule has 1 rings (SSSR count). The van der Waals surface area contributed by atoms with Crippen LogP contribution < -0.4 is 0 Å². The zero-order valence-electron chi connectivity index (χ0n) is 5.89. The third kappa shape index (κ3) is 0.504. The largest absolute Gasteiger partial charge is 0.103 e. The SMILES string of the molecule is [2H]C=CC1[C@@H]([2H])[C@H]1[2H]. The third-order valence-corrected chi connectivity index (χ3v) is 0.637. The lowest BCUT2D eigenvalue weighted by atomic mass is 10.4. The Hall–Kier alpha value is -0.260. The predicted octanol–water partition coefficient (Wildman–Crippen LogP) is 1.58. The van der Waals surface area contributed by atoms with Gasteiger partial charge in [-0.05, 0) is 18.7 Å². The van der Waals surface area contributed by atoms with E-state index in [1.54, 1.807) is 6.08 Å². The summed E-state index contributed by atoms with van der Waals surface area (Å²) >= 11 is 0. The van der Waals surface area contributed by atoms with E-state index in [4.69, 9.17) is 4.11 Å². The molecule has 1 aliphatic carbocycles. The number of hydrogen-bond donors (Lipinski definition) is 0. The van der Waals surface area contributed by atoms with Crippen LogP contribution >= 0.6 is 0 Å². The van der Waals surface area contributed by atoms with Crippen molar-refractivity contribution in [3.63, 3.8) is 0 Å². The van der Waals surface area contributed by atoms with Crippen molar-refractivity contribution >= 4 is 0 Å². The van der Waals surface area contributed by atoms with E-state index in [1.165, 1.54) is 6.55 Å². The highest BCUT2D eigenvalue weighted by Crippen LogP contribution is 2.28. The van der Waals surface area contributed by atoms with Crippen molar-refractivity contribution in [3.8, 4) is 0 Å². The van der Waals surface area contributed by atoms with Gasteiger partial charge in [0.1, 0.15) is 0 Å². The van der Waals surface area contributed by atoms with E-state index in [0.717, 1.165) is 0 Å². The van der Waals surface area contributed by atoms with Gasteiger partial charge in [-0.2, -0.15) is 0 Å². The van der Waals surface area contributed by atoms with Crippen molar-refractivity contribution in [1.82, 2.24) is 0 Å². The summed E-state index contributed by atoms with van der Waals surface area (Å²) in [5, 5.41) is 0. The molecule has 0 amide bonds. The molecule has 1 aliphatic rings. The highest BCUT2D eigenvalue weighted by atomic mass is 14.2. The van der Waals surface area contributed by atoms with Gasteiger partial charge in [-0.15, -0.1) is 6.55 Å². The first kappa shape index (κ1) is 1.11. The molecular formula is C5H8. The van der Waals surface area contributed by atoms with E-state index < -0.39 is 0 Å². The van der Waals surface area contributed by atoms with Crippen LogP contribution in [0.15, 0.2) is 12.6 Å². The standard InChI is InChI=1S/C5H8/c1-2-5-3-4-5/h2,5H,1,3-4H2/i1D,3D,4D/t3-,4+,5?. The second kappa shape index (κ2) is 0.852. The molecule has 0 aromatic rings. The summed E-state index contributed by atoms with van der Waals surface area (Å²) in [4.78, 5) is 0. The molecule has 0 aliphatic heterocycles. The van der Waals surface area contributed by atoms with Gasteiger partial charge in [0.05, 0.1) is 1.37 Å². The minimum absolute atomic E-state index is 0.0486. The second-order valence-corrected chi connectivity index (χ2v) is 1.15. The van der Waals surface area contributed by atoms with Gasteiger partial charge < -0.3 is 0 Å². The van der Waals surface area contributed by atoms with E-state index in [0.29, 0.717) is 0 Å². The van der Waals surface area contributed by atoms with Gasteiger partial charge in [-0.3, -0.25) is 0 Å². The maximum Gasteiger partial charge on any atom is 0.0535 e. The van der Waals surface area contributed by atoms with Crippen LogP contribution in [-0.2, 0) is 0 Å². The summed E-state index contributed by atoms with van der Waals surface area (Å²) in [6.07, 6.45) is 1.10. The number of rotatable bonds is 1. The lowest BCUT2D eigenvalue weighted by Gasteiger charge is -1.63. The average Bonchev–Trinajstić information content (AvgIpc) is 2.25. The van der Waals surface area contributed by atoms with Crippen LogP contribution in [0.25, 0.3) is 0 Å². The number of allylic oxidation sites excluding steroid dienone is 1. The van der Waals surface area contributed by atoms with Gasteiger partial charge in [0.15, 0.2) is 0 Å². The van der Waals surface area contributed by atoms with Crippen LogP contribution in [0.3, 0.4) is 0 Å². The minimum atomic E-state index is -0.253. The first-order valence-electron chi connectivity index (χ1n) is 3.40. The van der Waals surface area contributed by atoms with E-state index in [2.05, 4.69) is 0 Å². The molecule has 0 nitrogen and oxygen atoms in total. The van der Waals surface area contributed by atoms with Gasteiger partial charge in [-0.25, -0.2) is 0 Å². The van der Waals surface area contributed by atoms with Crippen LogP contribution in [0.4, 0.5) is 0 Å². The normalized spacial score (nSPS) is 73.6. The van der Waals surface area contributed by atoms with Crippen molar-refractivity contribution in [2.45, 2.75) is 12.8 Å². The maximum absolute atomic E-state index is 7.04. The third-order valence-electron chi connectivity index (χ3n) is 0.637. The molecule has 0 aromatic heterocycles. The van der Waals surface area contributed by atoms with Crippen molar-refractivity contribution in [2.75, 3.05) is 0 Å². The molecule has 0 heteroatoms. The summed E-state index contributed by atoms with van der Waals surface area (Å²) in [6.45, 7) is 1.17. The fourth-order valence-corrected chi connectivity index (χ4v) is 0.192. The van der Waals surface area contributed by atoms with Crippen LogP contribution in [0.2, 0.25) is 0 Å². The molecule has 5 heavy (non-hydrogen) atoms. The Labute approximate surface area is 36.7 Å². The molecule has 1 fully saturated rings. The lowest BCUT2D eigenvalue weighted by Crippen LogP contribution is -1.50. The Morgan fingerprint density at radius 1 is 2.20 bits per heavy atom. The van der Waals surface area contributed by atoms with Crippen LogP contribution in [0.5, 0.6) is 0 Å². The zero-order valence-corrected chi connectivity index (χ0v) is 2.89. The zero-order chi connectivity index (χ0) is 6.15. The highest BCUT2D eigenvalue weighted by molar-refractivity contribution is 4.88. The van der Waals surface area contributed by atoms with Gasteiger partial charge >= 0.3 is 0 Å². The topological polar surface area (TPSA) is 0 Å². The first-order valence-corrected chi connectivity index (χ1v) is 1.67. The fourth-order valence-electron chi connectivity index (χ4n) is 0.192.